The number of likely N-dealkylation sites (tertiary alicyclic amines) is 1. The Morgan fingerprint density at radius 2 is 1.73 bits per heavy atom. The van der Waals surface area contributed by atoms with E-state index >= 15 is 0 Å². The third kappa shape index (κ3) is 5.18. The van der Waals surface area contributed by atoms with E-state index in [1.807, 2.05) is 24.3 Å². The number of benzene rings is 2. The molecule has 1 aliphatic heterocycles. The van der Waals surface area contributed by atoms with Crippen molar-refractivity contribution in [2.24, 2.45) is 0 Å². The van der Waals surface area contributed by atoms with Crippen LogP contribution in [0.2, 0.25) is 0 Å². The summed E-state index contributed by atoms with van der Waals surface area (Å²) in [6.07, 6.45) is 1.85. The van der Waals surface area contributed by atoms with Gasteiger partial charge in [0.2, 0.25) is 5.91 Å². The lowest BCUT2D eigenvalue weighted by atomic mass is 9.98. The van der Waals surface area contributed by atoms with Gasteiger partial charge in [-0.05, 0) is 48.4 Å². The van der Waals surface area contributed by atoms with Crippen molar-refractivity contribution in [2.45, 2.75) is 57.0 Å². The Kier molecular flexibility index (Phi) is 6.96. The third-order valence-electron chi connectivity index (χ3n) is 6.58. The summed E-state index contributed by atoms with van der Waals surface area (Å²) in [6.45, 7) is 2.65. The van der Waals surface area contributed by atoms with Crippen molar-refractivity contribution in [2.75, 3.05) is 13.2 Å². The Balaban J connectivity index is 1.29. The zero-order chi connectivity index (χ0) is 23.4. The smallest absolute Gasteiger partial charge is 0.407 e. The number of hydrogen-bond donors (Lipinski definition) is 2. The lowest BCUT2D eigenvalue weighted by molar-refractivity contribution is -0.138. The number of hydrogen-bond acceptors (Lipinski definition) is 4. The van der Waals surface area contributed by atoms with E-state index in [9.17, 15) is 14.4 Å². The first-order chi connectivity index (χ1) is 15.9. The first-order valence-electron chi connectivity index (χ1n) is 11.6. The first kappa shape index (κ1) is 22.8. The molecule has 2 aromatic carbocycles. The summed E-state index contributed by atoms with van der Waals surface area (Å²) in [7, 11) is 0. The molecule has 7 heteroatoms. The second-order valence-corrected chi connectivity index (χ2v) is 8.89. The summed E-state index contributed by atoms with van der Waals surface area (Å²) >= 11 is 0. The molecule has 1 heterocycles. The fourth-order valence-electron chi connectivity index (χ4n) is 5.03. The number of ether oxygens (including phenoxy) is 1. The van der Waals surface area contributed by atoms with Crippen molar-refractivity contribution >= 4 is 18.0 Å². The SMILES string of the molecule is CC(CC(=O)N1CCCC1CCC(=O)O)NC(=O)OCC1c2ccccc2-c2ccccc21. The van der Waals surface area contributed by atoms with Crippen LogP contribution in [0, 0.1) is 0 Å². The van der Waals surface area contributed by atoms with Crippen LogP contribution in [0.25, 0.3) is 11.1 Å². The summed E-state index contributed by atoms with van der Waals surface area (Å²) in [6, 6.07) is 15.9. The lowest BCUT2D eigenvalue weighted by Gasteiger charge is -2.26. The molecule has 33 heavy (non-hydrogen) atoms. The van der Waals surface area contributed by atoms with Gasteiger partial charge in [-0.3, -0.25) is 9.59 Å². The molecule has 174 valence electrons. The van der Waals surface area contributed by atoms with E-state index in [2.05, 4.69) is 29.6 Å². The van der Waals surface area contributed by atoms with Gasteiger partial charge in [-0.1, -0.05) is 48.5 Å². The monoisotopic (exact) mass is 450 g/mol. The molecule has 2 amide bonds. The molecule has 1 aliphatic carbocycles. The predicted octanol–water partition coefficient (Wildman–Crippen LogP) is 4.16. The molecule has 0 spiro atoms. The van der Waals surface area contributed by atoms with Crippen molar-refractivity contribution in [3.05, 3.63) is 59.7 Å². The minimum atomic E-state index is -0.848. The zero-order valence-corrected chi connectivity index (χ0v) is 18.8. The number of carbonyl (C=O) groups is 3. The number of nitrogens with zero attached hydrogens (tertiary/aromatic N) is 1. The minimum absolute atomic E-state index is 0.0142. The van der Waals surface area contributed by atoms with Crippen LogP contribution in [0.15, 0.2) is 48.5 Å². The number of rotatable bonds is 8. The average molecular weight is 451 g/mol. The van der Waals surface area contributed by atoms with Crippen molar-refractivity contribution in [1.29, 1.82) is 0 Å². The van der Waals surface area contributed by atoms with Gasteiger partial charge in [-0.15, -0.1) is 0 Å². The Morgan fingerprint density at radius 3 is 2.36 bits per heavy atom. The van der Waals surface area contributed by atoms with E-state index in [1.165, 1.54) is 11.1 Å². The predicted molar refractivity (Wildman–Crippen MR) is 124 cm³/mol. The average Bonchev–Trinajstić information content (AvgIpc) is 3.39. The summed E-state index contributed by atoms with van der Waals surface area (Å²) in [5, 5.41) is 11.7. The molecule has 7 nitrogen and oxygen atoms in total. The molecule has 2 atom stereocenters. The van der Waals surface area contributed by atoms with Gasteiger partial charge in [0.25, 0.3) is 0 Å². The van der Waals surface area contributed by atoms with Crippen LogP contribution in [0.3, 0.4) is 0 Å². The van der Waals surface area contributed by atoms with E-state index in [1.54, 1.807) is 11.8 Å². The number of fused-ring (bicyclic) bond motifs is 3. The third-order valence-corrected chi connectivity index (χ3v) is 6.58. The maximum absolute atomic E-state index is 12.7. The van der Waals surface area contributed by atoms with Gasteiger partial charge in [0.05, 0.1) is 0 Å². The molecule has 4 rings (SSSR count). The lowest BCUT2D eigenvalue weighted by Crippen LogP contribution is -2.41. The van der Waals surface area contributed by atoms with Crippen molar-refractivity contribution in [3.63, 3.8) is 0 Å². The van der Waals surface area contributed by atoms with Gasteiger partial charge in [0.1, 0.15) is 6.61 Å². The van der Waals surface area contributed by atoms with Gasteiger partial charge in [0.15, 0.2) is 0 Å². The largest absolute Gasteiger partial charge is 0.481 e. The topological polar surface area (TPSA) is 95.9 Å². The highest BCUT2D eigenvalue weighted by molar-refractivity contribution is 5.80. The Bertz CT molecular complexity index is 991. The maximum atomic E-state index is 12.7. The zero-order valence-electron chi connectivity index (χ0n) is 18.8. The molecule has 2 unspecified atom stereocenters. The van der Waals surface area contributed by atoms with E-state index in [-0.39, 0.29) is 43.4 Å². The van der Waals surface area contributed by atoms with Crippen LogP contribution in [0.1, 0.15) is 56.1 Å². The summed E-state index contributed by atoms with van der Waals surface area (Å²) in [5.41, 5.74) is 4.64. The minimum Gasteiger partial charge on any atom is -0.481 e. The quantitative estimate of drug-likeness (QED) is 0.630. The first-order valence-corrected chi connectivity index (χ1v) is 11.6. The van der Waals surface area contributed by atoms with Gasteiger partial charge in [-0.25, -0.2) is 4.79 Å². The van der Waals surface area contributed by atoms with Crippen molar-refractivity contribution in [3.8, 4) is 11.1 Å². The molecule has 2 N–H and O–H groups in total. The van der Waals surface area contributed by atoms with Crippen LogP contribution in [-0.2, 0) is 14.3 Å². The number of alkyl carbamates (subject to hydrolysis) is 1. The van der Waals surface area contributed by atoms with Crippen LogP contribution >= 0.6 is 0 Å². The molecule has 0 saturated carbocycles. The molecule has 1 saturated heterocycles. The summed E-state index contributed by atoms with van der Waals surface area (Å²) in [5.74, 6) is -0.923. The van der Waals surface area contributed by atoms with E-state index in [0.29, 0.717) is 13.0 Å². The number of amides is 2. The van der Waals surface area contributed by atoms with E-state index in [4.69, 9.17) is 9.84 Å². The Labute approximate surface area is 193 Å². The summed E-state index contributed by atoms with van der Waals surface area (Å²) < 4.78 is 5.56. The van der Waals surface area contributed by atoms with Crippen LogP contribution < -0.4 is 5.32 Å². The maximum Gasteiger partial charge on any atom is 0.407 e. The Morgan fingerprint density at radius 1 is 1.09 bits per heavy atom. The molecule has 2 aliphatic rings. The van der Waals surface area contributed by atoms with Crippen LogP contribution in [0.4, 0.5) is 4.79 Å². The van der Waals surface area contributed by atoms with E-state index < -0.39 is 12.1 Å². The standard InChI is InChI=1S/C26H30N2O5/c1-17(15-24(29)28-14-6-7-18(28)12-13-25(30)31)27-26(32)33-16-23-21-10-4-2-8-19(21)20-9-3-5-11-22(20)23/h2-5,8-11,17-18,23H,6-7,12-16H2,1H3,(H,27,32)(H,30,31). The highest BCUT2D eigenvalue weighted by Crippen LogP contribution is 2.44. The fraction of sp³-hybridized carbons (Fsp3) is 0.423. The van der Waals surface area contributed by atoms with Gasteiger partial charge >= 0.3 is 12.1 Å². The molecular formula is C26H30N2O5. The molecular weight excluding hydrogens is 420 g/mol. The number of carboxylic acids is 1. The highest BCUT2D eigenvalue weighted by Gasteiger charge is 2.31. The summed E-state index contributed by atoms with van der Waals surface area (Å²) in [4.78, 5) is 37.8. The number of carbonyl (C=O) groups excluding carboxylic acids is 2. The van der Waals surface area contributed by atoms with Gasteiger partial charge < -0.3 is 20.1 Å². The second kappa shape index (κ2) is 10.1. The molecule has 0 bridgehead atoms. The van der Waals surface area contributed by atoms with Crippen LogP contribution in [-0.4, -0.2) is 53.2 Å². The van der Waals surface area contributed by atoms with Gasteiger partial charge in [-0.2, -0.15) is 0 Å². The van der Waals surface area contributed by atoms with Gasteiger partial charge in [0, 0.05) is 37.4 Å². The molecule has 1 fully saturated rings. The van der Waals surface area contributed by atoms with Crippen molar-refractivity contribution < 1.29 is 24.2 Å². The van der Waals surface area contributed by atoms with E-state index in [0.717, 1.165) is 24.0 Å². The molecule has 0 radical (unpaired) electrons. The Hall–Kier alpha value is -3.35. The fourth-order valence-corrected chi connectivity index (χ4v) is 5.03. The highest BCUT2D eigenvalue weighted by atomic mass is 16.5. The number of carboxylic acid groups (broad SMARTS) is 1. The molecule has 0 aromatic heterocycles. The molecule has 2 aromatic rings. The second-order valence-electron chi connectivity index (χ2n) is 8.89. The normalized spacial score (nSPS) is 17.8. The van der Waals surface area contributed by atoms with Crippen molar-refractivity contribution in [1.82, 2.24) is 10.2 Å². The number of aliphatic carboxylic acids is 1. The number of nitrogens with one attached hydrogen (secondary N) is 1. The van der Waals surface area contributed by atoms with Crippen LogP contribution in [0.5, 0.6) is 0 Å².